The van der Waals surface area contributed by atoms with Crippen molar-refractivity contribution in [2.75, 3.05) is 13.2 Å². The van der Waals surface area contributed by atoms with Gasteiger partial charge in [0.15, 0.2) is 0 Å². The maximum absolute atomic E-state index is 12.5. The summed E-state index contributed by atoms with van der Waals surface area (Å²) in [5.41, 5.74) is 0. The Morgan fingerprint density at radius 2 is 0.734 bits per heavy atom. The Balaban J connectivity index is 3.44. The Bertz CT molecular complexity index is 997. The number of aliphatic hydroxyl groups is 2. The first-order chi connectivity index (χ1) is 31.5. The lowest BCUT2D eigenvalue weighted by Gasteiger charge is -2.22. The third kappa shape index (κ3) is 49.8. The Kier molecular flexibility index (Phi) is 52.6. The van der Waals surface area contributed by atoms with Crippen LogP contribution >= 0.6 is 0 Å². The maximum atomic E-state index is 12.5. The molecule has 0 fully saturated rings. The third-order valence-electron chi connectivity index (χ3n) is 13.2. The van der Waals surface area contributed by atoms with E-state index < -0.39 is 12.1 Å². The molecule has 64 heavy (non-hydrogen) atoms. The van der Waals surface area contributed by atoms with Crippen molar-refractivity contribution in [3.05, 3.63) is 24.3 Å². The van der Waals surface area contributed by atoms with Gasteiger partial charge in [-0.2, -0.15) is 0 Å². The minimum absolute atomic E-state index is 0.00380. The minimum Gasteiger partial charge on any atom is -0.466 e. The van der Waals surface area contributed by atoms with Gasteiger partial charge >= 0.3 is 5.97 Å². The third-order valence-corrected chi connectivity index (χ3v) is 13.2. The summed E-state index contributed by atoms with van der Waals surface area (Å²) in [6, 6.07) is -0.547. The molecule has 0 aromatic rings. The van der Waals surface area contributed by atoms with E-state index in [1.807, 2.05) is 0 Å². The lowest BCUT2D eigenvalue weighted by atomic mass is 10.0. The molecule has 0 saturated carbocycles. The highest BCUT2D eigenvalue weighted by atomic mass is 16.5. The summed E-state index contributed by atoms with van der Waals surface area (Å²) in [5.74, 6) is -0.0464. The fourth-order valence-electron chi connectivity index (χ4n) is 8.81. The highest BCUT2D eigenvalue weighted by Crippen LogP contribution is 2.17. The first-order valence-electron chi connectivity index (χ1n) is 28.6. The minimum atomic E-state index is -0.669. The summed E-state index contributed by atoms with van der Waals surface area (Å²) in [5, 5.41) is 23.3. The summed E-state index contributed by atoms with van der Waals surface area (Å²) in [7, 11) is 0. The zero-order valence-electron chi connectivity index (χ0n) is 43.0. The van der Waals surface area contributed by atoms with Crippen LogP contribution in [-0.4, -0.2) is 47.4 Å². The van der Waals surface area contributed by atoms with Crippen LogP contribution in [-0.2, 0) is 14.3 Å². The predicted octanol–water partition coefficient (Wildman–Crippen LogP) is 17.5. The molecule has 0 aromatic heterocycles. The highest BCUT2D eigenvalue weighted by molar-refractivity contribution is 5.76. The molecule has 0 aliphatic carbocycles. The lowest BCUT2D eigenvalue weighted by molar-refractivity contribution is -0.143. The quantitative estimate of drug-likeness (QED) is 0.0321. The molecule has 0 aliphatic rings. The smallest absolute Gasteiger partial charge is 0.305 e. The molecule has 0 bridgehead atoms. The van der Waals surface area contributed by atoms with Gasteiger partial charge in [0.1, 0.15) is 0 Å². The van der Waals surface area contributed by atoms with E-state index >= 15 is 0 Å². The van der Waals surface area contributed by atoms with Gasteiger partial charge in [-0.25, -0.2) is 0 Å². The number of carbonyl (C=O) groups is 2. The van der Waals surface area contributed by atoms with Crippen molar-refractivity contribution in [3.8, 4) is 0 Å². The van der Waals surface area contributed by atoms with E-state index in [2.05, 4.69) is 43.5 Å². The normalized spacial score (nSPS) is 12.8. The standard InChI is InChI=1S/C58H111NO5/c1-3-5-7-9-11-13-15-17-24-27-30-34-38-42-46-50-56(61)55(54-60)59-57(62)51-47-43-39-35-31-28-25-22-20-18-19-21-23-26-29-33-37-41-45-49-53-64-58(63)52-48-44-40-36-32-16-14-12-10-8-6-4-2/h12,14,18,20,55-56,60-61H,3-11,13,15-17,19,21-54H2,1-2H3,(H,59,62)/b14-12-,20-18-. The second-order valence-corrected chi connectivity index (χ2v) is 19.6. The average Bonchev–Trinajstić information content (AvgIpc) is 3.29. The number of hydrogen-bond donors (Lipinski definition) is 3. The van der Waals surface area contributed by atoms with Crippen LogP contribution in [0.25, 0.3) is 0 Å². The van der Waals surface area contributed by atoms with Gasteiger partial charge in [0.05, 0.1) is 25.4 Å². The number of rotatable bonds is 53. The molecule has 0 radical (unpaired) electrons. The van der Waals surface area contributed by atoms with Crippen molar-refractivity contribution >= 4 is 11.9 Å². The Labute approximate surface area is 399 Å². The van der Waals surface area contributed by atoms with E-state index in [1.165, 1.54) is 231 Å². The molecule has 1 amide bonds. The number of carbonyl (C=O) groups excluding carboxylic acids is 2. The molecular formula is C58H111NO5. The number of aliphatic hydroxyl groups excluding tert-OH is 2. The van der Waals surface area contributed by atoms with Crippen LogP contribution in [0.2, 0.25) is 0 Å². The molecule has 2 atom stereocenters. The van der Waals surface area contributed by atoms with Crippen LogP contribution in [0.1, 0.15) is 309 Å². The van der Waals surface area contributed by atoms with Gasteiger partial charge < -0.3 is 20.3 Å². The van der Waals surface area contributed by atoms with Gasteiger partial charge in [0, 0.05) is 12.8 Å². The summed E-state index contributed by atoms with van der Waals surface area (Å²) < 4.78 is 5.46. The first-order valence-corrected chi connectivity index (χ1v) is 28.6. The Hall–Kier alpha value is -1.66. The fraction of sp³-hybridized carbons (Fsp3) is 0.897. The van der Waals surface area contributed by atoms with E-state index in [0.717, 1.165) is 44.9 Å². The molecule has 0 heterocycles. The zero-order chi connectivity index (χ0) is 46.5. The van der Waals surface area contributed by atoms with Crippen LogP contribution in [0.5, 0.6) is 0 Å². The summed E-state index contributed by atoms with van der Waals surface area (Å²) >= 11 is 0. The first kappa shape index (κ1) is 62.3. The van der Waals surface area contributed by atoms with Gasteiger partial charge in [-0.1, -0.05) is 244 Å². The van der Waals surface area contributed by atoms with Crippen molar-refractivity contribution in [3.63, 3.8) is 0 Å². The van der Waals surface area contributed by atoms with Gasteiger partial charge in [-0.3, -0.25) is 9.59 Å². The number of allylic oxidation sites excluding steroid dienone is 4. The SMILES string of the molecule is CCCCC/C=C\CCCCCCCC(=O)OCCCCCCCCCCC/C=C\CCCCCCCCCC(=O)NC(CO)C(O)CCCCCCCCCCCCCCCCC. The van der Waals surface area contributed by atoms with Crippen molar-refractivity contribution in [2.45, 2.75) is 321 Å². The maximum Gasteiger partial charge on any atom is 0.305 e. The van der Waals surface area contributed by atoms with Gasteiger partial charge in [-0.05, 0) is 77.0 Å². The van der Waals surface area contributed by atoms with Gasteiger partial charge in [-0.15, -0.1) is 0 Å². The van der Waals surface area contributed by atoms with Gasteiger partial charge in [0.25, 0.3) is 0 Å². The molecule has 6 nitrogen and oxygen atoms in total. The molecule has 0 spiro atoms. The summed E-state index contributed by atoms with van der Waals surface area (Å²) in [4.78, 5) is 24.5. The van der Waals surface area contributed by atoms with Crippen LogP contribution in [0, 0.1) is 0 Å². The van der Waals surface area contributed by atoms with Crippen LogP contribution in [0.15, 0.2) is 24.3 Å². The second kappa shape index (κ2) is 54.0. The number of nitrogens with one attached hydrogen (secondary N) is 1. The van der Waals surface area contributed by atoms with E-state index in [0.29, 0.717) is 25.9 Å². The second-order valence-electron chi connectivity index (χ2n) is 19.6. The number of hydrogen-bond acceptors (Lipinski definition) is 5. The van der Waals surface area contributed by atoms with E-state index in [4.69, 9.17) is 4.74 Å². The van der Waals surface area contributed by atoms with Crippen molar-refractivity contribution in [1.29, 1.82) is 0 Å². The highest BCUT2D eigenvalue weighted by Gasteiger charge is 2.20. The van der Waals surface area contributed by atoms with Crippen LogP contribution in [0.3, 0.4) is 0 Å². The van der Waals surface area contributed by atoms with E-state index in [1.54, 1.807) is 0 Å². The Morgan fingerprint density at radius 1 is 0.422 bits per heavy atom. The van der Waals surface area contributed by atoms with Crippen molar-refractivity contribution in [2.24, 2.45) is 0 Å². The molecule has 0 saturated heterocycles. The lowest BCUT2D eigenvalue weighted by Crippen LogP contribution is -2.45. The fourth-order valence-corrected chi connectivity index (χ4v) is 8.81. The van der Waals surface area contributed by atoms with Crippen molar-refractivity contribution < 1.29 is 24.5 Å². The van der Waals surface area contributed by atoms with Crippen molar-refractivity contribution in [1.82, 2.24) is 5.32 Å². The predicted molar refractivity (Wildman–Crippen MR) is 278 cm³/mol. The topological polar surface area (TPSA) is 95.9 Å². The number of esters is 1. The molecule has 2 unspecified atom stereocenters. The monoisotopic (exact) mass is 902 g/mol. The molecule has 6 heteroatoms. The zero-order valence-corrected chi connectivity index (χ0v) is 43.0. The molecule has 0 rings (SSSR count). The Morgan fingerprint density at radius 3 is 1.14 bits per heavy atom. The van der Waals surface area contributed by atoms with Gasteiger partial charge in [0.2, 0.25) is 5.91 Å². The molecule has 0 aromatic carbocycles. The van der Waals surface area contributed by atoms with E-state index in [-0.39, 0.29) is 18.5 Å². The molecule has 3 N–H and O–H groups in total. The number of unbranched alkanes of at least 4 members (excludes halogenated alkanes) is 38. The summed E-state index contributed by atoms with van der Waals surface area (Å²) in [6.07, 6.45) is 64.5. The van der Waals surface area contributed by atoms with Crippen LogP contribution < -0.4 is 5.32 Å². The molecular weight excluding hydrogens is 791 g/mol. The molecule has 0 aliphatic heterocycles. The number of amides is 1. The van der Waals surface area contributed by atoms with Crippen LogP contribution in [0.4, 0.5) is 0 Å². The largest absolute Gasteiger partial charge is 0.466 e. The average molecular weight is 903 g/mol. The molecule has 378 valence electrons. The van der Waals surface area contributed by atoms with E-state index in [9.17, 15) is 19.8 Å². The number of ether oxygens (including phenoxy) is 1. The summed E-state index contributed by atoms with van der Waals surface area (Å²) in [6.45, 7) is 4.92.